The number of halogens is 2. The van der Waals surface area contributed by atoms with Gasteiger partial charge in [0.1, 0.15) is 11.5 Å². The second kappa shape index (κ2) is 20.4. The minimum Gasteiger partial charge on any atom is -0.494 e. The van der Waals surface area contributed by atoms with Gasteiger partial charge in [0.05, 0.1) is 13.2 Å². The van der Waals surface area contributed by atoms with Gasteiger partial charge in [-0.2, -0.15) is 0 Å². The van der Waals surface area contributed by atoms with Crippen LogP contribution in [-0.2, 0) is 0 Å². The minimum absolute atomic E-state index is 0.814. The molecule has 2 nitrogen and oxygen atoms in total. The Morgan fingerprint density at radius 3 is 1.12 bits per heavy atom. The van der Waals surface area contributed by atoms with Crippen molar-refractivity contribution < 1.29 is 9.47 Å². The quantitative estimate of drug-likeness (QED) is 0.0597. The highest BCUT2D eigenvalue weighted by Gasteiger charge is 1.97. The SMILES string of the molecule is ICCCCCCCCOc1ccc(/C=C/c2ccc(OCCCCCCCCI)cc2)cc1. The van der Waals surface area contributed by atoms with E-state index in [0.29, 0.717) is 0 Å². The maximum Gasteiger partial charge on any atom is 0.119 e. The van der Waals surface area contributed by atoms with E-state index >= 15 is 0 Å². The molecule has 2 aromatic rings. The largest absolute Gasteiger partial charge is 0.494 e. The zero-order chi connectivity index (χ0) is 24.1. The summed E-state index contributed by atoms with van der Waals surface area (Å²) >= 11 is 4.92. The Kier molecular flexibility index (Phi) is 17.7. The number of ether oxygens (including phenoxy) is 2. The van der Waals surface area contributed by atoms with Crippen LogP contribution in [0.2, 0.25) is 0 Å². The van der Waals surface area contributed by atoms with Crippen molar-refractivity contribution in [3.63, 3.8) is 0 Å². The molecule has 0 radical (unpaired) electrons. The number of unbranched alkanes of at least 4 members (excludes halogenated alkanes) is 10. The van der Waals surface area contributed by atoms with E-state index in [9.17, 15) is 0 Å². The highest BCUT2D eigenvalue weighted by atomic mass is 127. The first kappa shape index (κ1) is 29.5. The van der Waals surface area contributed by atoms with Crippen LogP contribution in [0.5, 0.6) is 11.5 Å². The first-order chi connectivity index (χ1) is 16.8. The monoisotopic (exact) mass is 688 g/mol. The Hall–Kier alpha value is -0.760. The van der Waals surface area contributed by atoms with Crippen molar-refractivity contribution in [2.75, 3.05) is 22.1 Å². The number of benzene rings is 2. The summed E-state index contributed by atoms with van der Waals surface area (Å²) in [7, 11) is 0. The van der Waals surface area contributed by atoms with Gasteiger partial charge in [0.2, 0.25) is 0 Å². The fraction of sp³-hybridized carbons (Fsp3) is 0.533. The number of alkyl halides is 2. The van der Waals surface area contributed by atoms with Gasteiger partial charge in [-0.05, 0) is 69.9 Å². The van der Waals surface area contributed by atoms with Gasteiger partial charge in [0.15, 0.2) is 0 Å². The Labute approximate surface area is 235 Å². The Bertz CT molecular complexity index is 691. The molecule has 0 N–H and O–H groups in total. The molecule has 0 saturated carbocycles. The molecule has 4 heteroatoms. The summed E-state index contributed by atoms with van der Waals surface area (Å²) in [5.41, 5.74) is 2.36. The molecule has 2 rings (SSSR count). The predicted molar refractivity (Wildman–Crippen MR) is 166 cm³/mol. The summed E-state index contributed by atoms with van der Waals surface area (Å²) in [5.74, 6) is 1.92. The van der Waals surface area contributed by atoms with Gasteiger partial charge < -0.3 is 9.47 Å². The number of rotatable bonds is 20. The van der Waals surface area contributed by atoms with E-state index in [4.69, 9.17) is 9.47 Å². The molecule has 0 saturated heterocycles. The lowest BCUT2D eigenvalue weighted by molar-refractivity contribution is 0.304. The van der Waals surface area contributed by atoms with Crippen LogP contribution < -0.4 is 9.47 Å². The molecule has 0 heterocycles. The summed E-state index contributed by atoms with van der Waals surface area (Å²) in [6.45, 7) is 1.63. The summed E-state index contributed by atoms with van der Waals surface area (Å²) in [6.07, 6.45) is 20.0. The first-order valence-corrected chi connectivity index (χ1v) is 16.1. The molecule has 0 fully saturated rings. The molecular weight excluding hydrogens is 646 g/mol. The van der Waals surface area contributed by atoms with Crippen LogP contribution in [0.15, 0.2) is 48.5 Å². The minimum atomic E-state index is 0.814. The molecule has 0 amide bonds. The van der Waals surface area contributed by atoms with E-state index in [1.165, 1.54) is 84.2 Å². The molecule has 0 aliphatic heterocycles. The summed E-state index contributed by atoms with van der Waals surface area (Å²) in [5, 5.41) is 0. The van der Waals surface area contributed by atoms with E-state index in [1.54, 1.807) is 0 Å². The molecule has 0 spiro atoms. The molecule has 0 atom stereocenters. The van der Waals surface area contributed by atoms with Gasteiger partial charge in [-0.25, -0.2) is 0 Å². The zero-order valence-corrected chi connectivity index (χ0v) is 25.0. The average molecular weight is 688 g/mol. The average Bonchev–Trinajstić information content (AvgIpc) is 2.87. The van der Waals surface area contributed by atoms with Crippen LogP contribution in [0.1, 0.15) is 88.2 Å². The smallest absolute Gasteiger partial charge is 0.119 e. The van der Waals surface area contributed by atoms with E-state index in [0.717, 1.165) is 37.6 Å². The lowest BCUT2D eigenvalue weighted by Crippen LogP contribution is -1.97. The van der Waals surface area contributed by atoms with Crippen molar-refractivity contribution in [1.82, 2.24) is 0 Å². The predicted octanol–water partition coefficient (Wildman–Crippen LogP) is 10.2. The topological polar surface area (TPSA) is 18.5 Å². The fourth-order valence-electron chi connectivity index (χ4n) is 3.73. The summed E-state index contributed by atoms with van der Waals surface area (Å²) in [6, 6.07) is 16.8. The number of hydrogen-bond acceptors (Lipinski definition) is 2. The molecule has 2 aromatic carbocycles. The van der Waals surface area contributed by atoms with Crippen molar-refractivity contribution in [2.45, 2.75) is 77.0 Å². The number of hydrogen-bond donors (Lipinski definition) is 0. The summed E-state index contributed by atoms with van der Waals surface area (Å²) in [4.78, 5) is 0. The molecule has 0 aliphatic carbocycles. The van der Waals surface area contributed by atoms with Gasteiger partial charge >= 0.3 is 0 Å². The van der Waals surface area contributed by atoms with Crippen LogP contribution in [0.3, 0.4) is 0 Å². The van der Waals surface area contributed by atoms with Gasteiger partial charge in [-0.15, -0.1) is 0 Å². The Balaban J connectivity index is 1.60. The lowest BCUT2D eigenvalue weighted by Gasteiger charge is -2.07. The third-order valence-electron chi connectivity index (χ3n) is 5.82. The lowest BCUT2D eigenvalue weighted by atomic mass is 10.1. The maximum absolute atomic E-state index is 5.89. The van der Waals surface area contributed by atoms with Crippen LogP contribution in [-0.4, -0.2) is 22.1 Å². The van der Waals surface area contributed by atoms with E-state index in [1.807, 2.05) is 0 Å². The van der Waals surface area contributed by atoms with E-state index in [2.05, 4.69) is 106 Å². The van der Waals surface area contributed by atoms with Crippen molar-refractivity contribution in [3.05, 3.63) is 59.7 Å². The molecule has 0 aromatic heterocycles. The third-order valence-corrected chi connectivity index (χ3v) is 7.35. The zero-order valence-electron chi connectivity index (χ0n) is 20.7. The van der Waals surface area contributed by atoms with E-state index < -0.39 is 0 Å². The van der Waals surface area contributed by atoms with Crippen molar-refractivity contribution in [3.8, 4) is 11.5 Å². The van der Waals surface area contributed by atoms with Crippen molar-refractivity contribution >= 4 is 57.3 Å². The molecule has 0 unspecified atom stereocenters. The van der Waals surface area contributed by atoms with Gasteiger partial charge in [0, 0.05) is 0 Å². The second-order valence-electron chi connectivity index (χ2n) is 8.79. The van der Waals surface area contributed by atoms with Gasteiger partial charge in [0.25, 0.3) is 0 Å². The molecule has 0 bridgehead atoms. The third kappa shape index (κ3) is 14.6. The normalized spacial score (nSPS) is 11.2. The standard InChI is InChI=1S/C30H42I2O2/c31-23-9-5-1-3-7-11-25-33-29-19-15-27(16-20-29)13-14-28-17-21-30(22-18-28)34-26-12-8-4-2-6-10-24-32/h13-22H,1-12,23-26H2/b14-13+. The highest BCUT2D eigenvalue weighted by molar-refractivity contribution is 14.1. The maximum atomic E-state index is 5.89. The van der Waals surface area contributed by atoms with Crippen LogP contribution >= 0.6 is 45.2 Å². The van der Waals surface area contributed by atoms with Crippen molar-refractivity contribution in [1.29, 1.82) is 0 Å². The first-order valence-electron chi connectivity index (χ1n) is 13.1. The second-order valence-corrected chi connectivity index (χ2v) is 10.9. The molecular formula is C30H42I2O2. The van der Waals surface area contributed by atoms with Gasteiger partial charge in [-0.3, -0.25) is 0 Å². The Morgan fingerprint density at radius 1 is 0.441 bits per heavy atom. The Morgan fingerprint density at radius 2 is 0.765 bits per heavy atom. The molecule has 34 heavy (non-hydrogen) atoms. The van der Waals surface area contributed by atoms with Crippen LogP contribution in [0.25, 0.3) is 12.2 Å². The van der Waals surface area contributed by atoms with Crippen LogP contribution in [0.4, 0.5) is 0 Å². The van der Waals surface area contributed by atoms with Gasteiger partial charge in [-0.1, -0.05) is 133 Å². The molecule has 0 aliphatic rings. The molecule has 188 valence electrons. The summed E-state index contributed by atoms with van der Waals surface area (Å²) < 4.78 is 14.4. The highest BCUT2D eigenvalue weighted by Crippen LogP contribution is 2.18. The van der Waals surface area contributed by atoms with E-state index in [-0.39, 0.29) is 0 Å². The van der Waals surface area contributed by atoms with Crippen molar-refractivity contribution in [2.24, 2.45) is 0 Å². The van der Waals surface area contributed by atoms with Crippen LogP contribution in [0, 0.1) is 0 Å². The fourth-order valence-corrected chi connectivity index (χ4v) is 4.81.